The summed E-state index contributed by atoms with van der Waals surface area (Å²) < 4.78 is 0. The first-order chi connectivity index (χ1) is 7.66. The SMILES string of the molecule is CC(Nc1cn[nH]c1)c1cc(Cl)ccc1Cl. The van der Waals surface area contributed by atoms with E-state index in [1.165, 1.54) is 0 Å². The molecule has 0 bridgehead atoms. The van der Waals surface area contributed by atoms with Crippen molar-refractivity contribution in [3.05, 3.63) is 46.2 Å². The van der Waals surface area contributed by atoms with Crippen LogP contribution in [0, 0.1) is 0 Å². The van der Waals surface area contributed by atoms with Crippen LogP contribution in [0.3, 0.4) is 0 Å². The van der Waals surface area contributed by atoms with Crippen LogP contribution < -0.4 is 5.32 Å². The number of benzene rings is 1. The maximum atomic E-state index is 6.11. The molecule has 3 nitrogen and oxygen atoms in total. The van der Waals surface area contributed by atoms with Crippen molar-refractivity contribution in [2.45, 2.75) is 13.0 Å². The van der Waals surface area contributed by atoms with Gasteiger partial charge in [-0.15, -0.1) is 0 Å². The molecule has 1 heterocycles. The Balaban J connectivity index is 2.20. The van der Waals surface area contributed by atoms with Gasteiger partial charge in [0.25, 0.3) is 0 Å². The predicted molar refractivity (Wildman–Crippen MR) is 67.1 cm³/mol. The molecule has 0 aliphatic carbocycles. The minimum atomic E-state index is 0.0730. The van der Waals surface area contributed by atoms with Crippen LogP contribution in [0.5, 0.6) is 0 Å². The third-order valence-electron chi connectivity index (χ3n) is 2.31. The number of anilines is 1. The molecule has 0 aliphatic rings. The maximum Gasteiger partial charge on any atom is 0.0728 e. The van der Waals surface area contributed by atoms with E-state index in [2.05, 4.69) is 15.5 Å². The molecule has 1 aromatic heterocycles. The van der Waals surface area contributed by atoms with E-state index in [1.54, 1.807) is 24.5 Å². The van der Waals surface area contributed by atoms with Gasteiger partial charge in [0.2, 0.25) is 0 Å². The predicted octanol–water partition coefficient (Wildman–Crippen LogP) is 3.89. The normalized spacial score (nSPS) is 12.4. The highest BCUT2D eigenvalue weighted by molar-refractivity contribution is 6.33. The van der Waals surface area contributed by atoms with Crippen LogP contribution in [0.25, 0.3) is 0 Å². The third kappa shape index (κ3) is 2.49. The first-order valence-electron chi connectivity index (χ1n) is 4.87. The Morgan fingerprint density at radius 2 is 2.19 bits per heavy atom. The Morgan fingerprint density at radius 3 is 2.88 bits per heavy atom. The lowest BCUT2D eigenvalue weighted by atomic mass is 10.1. The summed E-state index contributed by atoms with van der Waals surface area (Å²) in [6.07, 6.45) is 3.50. The molecule has 1 unspecified atom stereocenters. The van der Waals surface area contributed by atoms with Crippen molar-refractivity contribution in [3.63, 3.8) is 0 Å². The Labute approximate surface area is 104 Å². The Kier molecular flexibility index (Phi) is 3.36. The molecule has 1 aromatic carbocycles. The highest BCUT2D eigenvalue weighted by Gasteiger charge is 2.10. The van der Waals surface area contributed by atoms with E-state index in [0.29, 0.717) is 10.0 Å². The average molecular weight is 256 g/mol. The summed E-state index contributed by atoms with van der Waals surface area (Å²) >= 11 is 12.0. The van der Waals surface area contributed by atoms with Gasteiger partial charge in [-0.1, -0.05) is 23.2 Å². The van der Waals surface area contributed by atoms with E-state index in [9.17, 15) is 0 Å². The van der Waals surface area contributed by atoms with Crippen molar-refractivity contribution < 1.29 is 0 Å². The monoisotopic (exact) mass is 255 g/mol. The molecule has 2 aromatic rings. The smallest absolute Gasteiger partial charge is 0.0728 e. The van der Waals surface area contributed by atoms with Gasteiger partial charge in [-0.25, -0.2) is 0 Å². The fourth-order valence-electron chi connectivity index (χ4n) is 1.50. The van der Waals surface area contributed by atoms with E-state index in [0.717, 1.165) is 11.3 Å². The van der Waals surface area contributed by atoms with Gasteiger partial charge in [0, 0.05) is 16.2 Å². The van der Waals surface area contributed by atoms with Crippen LogP contribution in [-0.2, 0) is 0 Å². The molecule has 0 saturated heterocycles. The number of aromatic amines is 1. The third-order valence-corrected chi connectivity index (χ3v) is 2.89. The molecular weight excluding hydrogens is 245 g/mol. The van der Waals surface area contributed by atoms with E-state index < -0.39 is 0 Å². The molecule has 0 spiro atoms. The lowest BCUT2D eigenvalue weighted by molar-refractivity contribution is 0.885. The van der Waals surface area contributed by atoms with Gasteiger partial charge in [-0.2, -0.15) is 5.10 Å². The van der Waals surface area contributed by atoms with Crippen molar-refractivity contribution in [1.82, 2.24) is 10.2 Å². The van der Waals surface area contributed by atoms with Gasteiger partial charge in [0.1, 0.15) is 0 Å². The zero-order chi connectivity index (χ0) is 11.5. The van der Waals surface area contributed by atoms with Gasteiger partial charge in [-0.05, 0) is 30.7 Å². The second-order valence-corrected chi connectivity index (χ2v) is 4.36. The molecule has 0 aliphatic heterocycles. The zero-order valence-electron chi connectivity index (χ0n) is 8.67. The first-order valence-corrected chi connectivity index (χ1v) is 5.62. The summed E-state index contributed by atoms with van der Waals surface area (Å²) in [7, 11) is 0. The minimum Gasteiger partial charge on any atom is -0.376 e. The van der Waals surface area contributed by atoms with Gasteiger partial charge < -0.3 is 5.32 Å². The van der Waals surface area contributed by atoms with Crippen LogP contribution in [0.2, 0.25) is 10.0 Å². The molecule has 2 rings (SSSR count). The van der Waals surface area contributed by atoms with E-state index in [4.69, 9.17) is 23.2 Å². The fraction of sp³-hybridized carbons (Fsp3) is 0.182. The lowest BCUT2D eigenvalue weighted by Crippen LogP contribution is -2.06. The summed E-state index contributed by atoms with van der Waals surface area (Å²) in [6.45, 7) is 2.02. The molecule has 5 heteroatoms. The van der Waals surface area contributed by atoms with Gasteiger partial charge >= 0.3 is 0 Å². The van der Waals surface area contributed by atoms with E-state index in [1.807, 2.05) is 13.0 Å². The number of nitrogens with zero attached hydrogens (tertiary/aromatic N) is 1. The van der Waals surface area contributed by atoms with Crippen molar-refractivity contribution >= 4 is 28.9 Å². The average Bonchev–Trinajstić information content (AvgIpc) is 2.74. The number of aromatic nitrogens is 2. The van der Waals surface area contributed by atoms with E-state index in [-0.39, 0.29) is 6.04 Å². The quantitative estimate of drug-likeness (QED) is 0.874. The molecule has 0 fully saturated rings. The second-order valence-electron chi connectivity index (χ2n) is 3.52. The Hall–Kier alpha value is -1.19. The van der Waals surface area contributed by atoms with Crippen LogP contribution in [0.15, 0.2) is 30.6 Å². The van der Waals surface area contributed by atoms with Crippen LogP contribution in [0.1, 0.15) is 18.5 Å². The first kappa shape index (κ1) is 11.3. The van der Waals surface area contributed by atoms with Crippen molar-refractivity contribution in [2.24, 2.45) is 0 Å². The summed E-state index contributed by atoms with van der Waals surface area (Å²) in [5, 5.41) is 11.3. The van der Waals surface area contributed by atoms with Crippen LogP contribution in [-0.4, -0.2) is 10.2 Å². The number of halogens is 2. The van der Waals surface area contributed by atoms with Gasteiger partial charge in [-0.3, -0.25) is 5.10 Å². The van der Waals surface area contributed by atoms with Crippen LogP contribution >= 0.6 is 23.2 Å². The minimum absolute atomic E-state index is 0.0730. The topological polar surface area (TPSA) is 40.7 Å². The molecule has 0 saturated carbocycles. The van der Waals surface area contributed by atoms with Gasteiger partial charge in [0.15, 0.2) is 0 Å². The van der Waals surface area contributed by atoms with Crippen molar-refractivity contribution in [1.29, 1.82) is 0 Å². The summed E-state index contributed by atoms with van der Waals surface area (Å²) in [5.74, 6) is 0. The summed E-state index contributed by atoms with van der Waals surface area (Å²) in [5.41, 5.74) is 1.89. The van der Waals surface area contributed by atoms with Crippen LogP contribution in [0.4, 0.5) is 5.69 Å². The number of hydrogen-bond donors (Lipinski definition) is 2. The number of H-pyrrole nitrogens is 1. The van der Waals surface area contributed by atoms with Crippen molar-refractivity contribution in [3.8, 4) is 0 Å². The molecule has 0 radical (unpaired) electrons. The fourth-order valence-corrected chi connectivity index (χ4v) is 1.97. The second kappa shape index (κ2) is 4.76. The lowest BCUT2D eigenvalue weighted by Gasteiger charge is -2.15. The largest absolute Gasteiger partial charge is 0.376 e. The molecule has 2 N–H and O–H groups in total. The zero-order valence-corrected chi connectivity index (χ0v) is 10.2. The van der Waals surface area contributed by atoms with Gasteiger partial charge in [0.05, 0.1) is 17.9 Å². The molecule has 16 heavy (non-hydrogen) atoms. The van der Waals surface area contributed by atoms with Crippen molar-refractivity contribution in [2.75, 3.05) is 5.32 Å². The standard InChI is InChI=1S/C11H11Cl2N3/c1-7(16-9-5-14-15-6-9)10-4-8(12)2-3-11(10)13/h2-7,16H,1H3,(H,14,15). The number of rotatable bonds is 3. The maximum absolute atomic E-state index is 6.11. The number of hydrogen-bond acceptors (Lipinski definition) is 2. The summed E-state index contributed by atoms with van der Waals surface area (Å²) in [4.78, 5) is 0. The Morgan fingerprint density at radius 1 is 1.38 bits per heavy atom. The number of nitrogens with one attached hydrogen (secondary N) is 2. The van der Waals surface area contributed by atoms with E-state index >= 15 is 0 Å². The molecular formula is C11H11Cl2N3. The highest BCUT2D eigenvalue weighted by Crippen LogP contribution is 2.28. The molecule has 1 atom stereocenters. The summed E-state index contributed by atoms with van der Waals surface area (Å²) in [6, 6.07) is 5.51. The molecule has 84 valence electrons. The highest BCUT2D eigenvalue weighted by atomic mass is 35.5. The molecule has 0 amide bonds. The Bertz CT molecular complexity index is 468.